The van der Waals surface area contributed by atoms with Crippen LogP contribution in [-0.2, 0) is 21.3 Å². The largest absolute Gasteiger partial charge is 0.451 e. The molecule has 0 saturated carbocycles. The zero-order valence-electron chi connectivity index (χ0n) is 16.4. The highest BCUT2D eigenvalue weighted by Crippen LogP contribution is 2.24. The molecule has 1 heterocycles. The number of hydrogen-bond donors (Lipinski definition) is 0. The highest BCUT2D eigenvalue weighted by Gasteiger charge is 2.33. The third-order valence-electron chi connectivity index (χ3n) is 3.94. The van der Waals surface area contributed by atoms with Gasteiger partial charge in [0, 0.05) is 5.56 Å². The summed E-state index contributed by atoms with van der Waals surface area (Å²) in [4.78, 5) is 16.8. The first-order valence-electron chi connectivity index (χ1n) is 8.95. The van der Waals surface area contributed by atoms with Crippen molar-refractivity contribution in [3.05, 3.63) is 72.8 Å². The molecule has 29 heavy (non-hydrogen) atoms. The molecule has 0 spiro atoms. The number of sulfonamides is 1. The van der Waals surface area contributed by atoms with Crippen molar-refractivity contribution in [2.24, 2.45) is 0 Å². The van der Waals surface area contributed by atoms with Crippen LogP contribution in [0.15, 0.2) is 76.6 Å². The molecular formula is C21H22N2O5S. The van der Waals surface area contributed by atoms with Crippen LogP contribution in [0.3, 0.4) is 0 Å². The Bertz CT molecular complexity index is 1050. The van der Waals surface area contributed by atoms with E-state index in [4.69, 9.17) is 9.15 Å². The molecule has 0 atom stereocenters. The van der Waals surface area contributed by atoms with Crippen LogP contribution in [0.25, 0.3) is 11.3 Å². The van der Waals surface area contributed by atoms with E-state index in [1.54, 1.807) is 57.2 Å². The summed E-state index contributed by atoms with van der Waals surface area (Å²) in [7, 11) is -4.14. The SMILES string of the molecule is CC(C)(C)OC(=O)N(Cc1ccccc1)S(=O)(=O)c1ccc(-c2cocn2)cc1. The lowest BCUT2D eigenvalue weighted by Crippen LogP contribution is -2.40. The Morgan fingerprint density at radius 2 is 1.72 bits per heavy atom. The smallest absolute Gasteiger partial charge is 0.424 e. The summed E-state index contributed by atoms with van der Waals surface area (Å²) < 4.78 is 37.6. The van der Waals surface area contributed by atoms with Gasteiger partial charge in [-0.05, 0) is 38.5 Å². The Morgan fingerprint density at radius 3 is 2.28 bits per heavy atom. The standard InChI is InChI=1S/C21H22N2O5S/c1-21(2,3)28-20(24)23(13-16-7-5-4-6-8-16)29(25,26)18-11-9-17(10-12-18)19-14-27-15-22-19/h4-12,14-15H,13H2,1-3H3. The number of oxazole rings is 1. The van der Waals surface area contributed by atoms with Crippen LogP contribution in [0.5, 0.6) is 0 Å². The molecule has 7 nitrogen and oxygen atoms in total. The Balaban J connectivity index is 1.95. The fourth-order valence-electron chi connectivity index (χ4n) is 2.59. The van der Waals surface area contributed by atoms with Crippen LogP contribution >= 0.6 is 0 Å². The maximum Gasteiger partial charge on any atom is 0.424 e. The van der Waals surface area contributed by atoms with Crippen LogP contribution in [0.4, 0.5) is 4.79 Å². The predicted octanol–water partition coefficient (Wildman–Crippen LogP) is 4.47. The van der Waals surface area contributed by atoms with Gasteiger partial charge in [0.2, 0.25) is 0 Å². The normalized spacial score (nSPS) is 11.8. The molecule has 8 heteroatoms. The fraction of sp³-hybridized carbons (Fsp3) is 0.238. The summed E-state index contributed by atoms with van der Waals surface area (Å²) in [6.07, 6.45) is 1.83. The van der Waals surface area contributed by atoms with Gasteiger partial charge in [0.05, 0.1) is 11.4 Å². The van der Waals surface area contributed by atoms with Crippen molar-refractivity contribution >= 4 is 16.1 Å². The van der Waals surface area contributed by atoms with Gasteiger partial charge >= 0.3 is 6.09 Å². The number of ether oxygens (including phenoxy) is 1. The topological polar surface area (TPSA) is 89.7 Å². The van der Waals surface area contributed by atoms with E-state index in [0.717, 1.165) is 4.31 Å². The van der Waals surface area contributed by atoms with Gasteiger partial charge in [-0.3, -0.25) is 0 Å². The van der Waals surface area contributed by atoms with Crippen LogP contribution < -0.4 is 0 Å². The Kier molecular flexibility index (Phi) is 5.74. The van der Waals surface area contributed by atoms with E-state index >= 15 is 0 Å². The number of carbonyl (C=O) groups is 1. The lowest BCUT2D eigenvalue weighted by atomic mass is 10.2. The van der Waals surface area contributed by atoms with Crippen LogP contribution in [0, 0.1) is 0 Å². The maximum atomic E-state index is 13.3. The van der Waals surface area contributed by atoms with Crippen molar-refractivity contribution in [3.63, 3.8) is 0 Å². The molecule has 3 rings (SSSR count). The van der Waals surface area contributed by atoms with Crippen LogP contribution in [-0.4, -0.2) is 29.4 Å². The van der Waals surface area contributed by atoms with Gasteiger partial charge in [0.25, 0.3) is 10.0 Å². The van der Waals surface area contributed by atoms with Crippen molar-refractivity contribution < 1.29 is 22.4 Å². The molecule has 0 bridgehead atoms. The number of amides is 1. The first-order valence-corrected chi connectivity index (χ1v) is 10.4. The van der Waals surface area contributed by atoms with Crippen LogP contribution in [0.1, 0.15) is 26.3 Å². The molecule has 0 N–H and O–H groups in total. The van der Waals surface area contributed by atoms with E-state index in [2.05, 4.69) is 4.98 Å². The lowest BCUT2D eigenvalue weighted by Gasteiger charge is -2.27. The third-order valence-corrected chi connectivity index (χ3v) is 5.66. The van der Waals surface area contributed by atoms with Gasteiger partial charge in [0.1, 0.15) is 17.6 Å². The second kappa shape index (κ2) is 8.08. The van der Waals surface area contributed by atoms with Crippen molar-refractivity contribution in [2.75, 3.05) is 0 Å². The first-order chi connectivity index (χ1) is 13.7. The number of hydrogen-bond acceptors (Lipinski definition) is 6. The minimum atomic E-state index is -4.14. The van der Waals surface area contributed by atoms with E-state index in [1.807, 2.05) is 6.07 Å². The molecule has 0 radical (unpaired) electrons. The van der Waals surface area contributed by atoms with Gasteiger partial charge in [-0.1, -0.05) is 42.5 Å². The van der Waals surface area contributed by atoms with E-state index < -0.39 is 21.7 Å². The number of carbonyl (C=O) groups excluding carboxylic acids is 1. The molecular weight excluding hydrogens is 392 g/mol. The van der Waals surface area contributed by atoms with Crippen molar-refractivity contribution in [2.45, 2.75) is 37.8 Å². The Labute approximate surface area is 170 Å². The maximum absolute atomic E-state index is 13.3. The summed E-state index contributed by atoms with van der Waals surface area (Å²) in [5, 5.41) is 0. The second-order valence-electron chi connectivity index (χ2n) is 7.38. The highest BCUT2D eigenvalue weighted by molar-refractivity contribution is 7.89. The first kappa shape index (κ1) is 20.6. The van der Waals surface area contributed by atoms with Gasteiger partial charge in [-0.25, -0.2) is 18.2 Å². The molecule has 0 aliphatic heterocycles. The lowest BCUT2D eigenvalue weighted by molar-refractivity contribution is 0.0381. The van der Waals surface area contributed by atoms with Crippen molar-refractivity contribution in [3.8, 4) is 11.3 Å². The average molecular weight is 414 g/mol. The molecule has 0 fully saturated rings. The van der Waals surface area contributed by atoms with Gasteiger partial charge < -0.3 is 9.15 Å². The van der Waals surface area contributed by atoms with Gasteiger partial charge in [-0.2, -0.15) is 4.31 Å². The van der Waals surface area contributed by atoms with E-state index in [1.165, 1.54) is 24.8 Å². The van der Waals surface area contributed by atoms with Crippen molar-refractivity contribution in [1.82, 2.24) is 9.29 Å². The van der Waals surface area contributed by atoms with Crippen molar-refractivity contribution in [1.29, 1.82) is 0 Å². The Morgan fingerprint density at radius 1 is 1.07 bits per heavy atom. The predicted molar refractivity (Wildman–Crippen MR) is 107 cm³/mol. The number of benzene rings is 2. The van der Waals surface area contributed by atoms with Gasteiger partial charge in [0.15, 0.2) is 6.39 Å². The van der Waals surface area contributed by atoms with Crippen LogP contribution in [0.2, 0.25) is 0 Å². The Hall–Kier alpha value is -3.13. The number of nitrogens with zero attached hydrogens (tertiary/aromatic N) is 2. The molecule has 0 aliphatic rings. The van der Waals surface area contributed by atoms with Gasteiger partial charge in [-0.15, -0.1) is 0 Å². The molecule has 0 saturated heterocycles. The number of rotatable bonds is 5. The van der Waals surface area contributed by atoms with E-state index in [-0.39, 0.29) is 11.4 Å². The average Bonchev–Trinajstić information content (AvgIpc) is 3.20. The quantitative estimate of drug-likeness (QED) is 0.612. The molecule has 152 valence electrons. The third kappa shape index (κ3) is 5.03. The minimum absolute atomic E-state index is 0.0217. The van der Waals surface area contributed by atoms with E-state index in [0.29, 0.717) is 16.8 Å². The van der Waals surface area contributed by atoms with E-state index in [9.17, 15) is 13.2 Å². The molecule has 0 unspecified atom stereocenters. The summed E-state index contributed by atoms with van der Waals surface area (Å²) in [5.41, 5.74) is 1.12. The molecule has 2 aromatic carbocycles. The highest BCUT2D eigenvalue weighted by atomic mass is 32.2. The summed E-state index contributed by atoms with van der Waals surface area (Å²) in [6.45, 7) is 4.92. The number of aromatic nitrogens is 1. The molecule has 1 aromatic heterocycles. The molecule has 3 aromatic rings. The second-order valence-corrected chi connectivity index (χ2v) is 9.24. The fourth-order valence-corrected chi connectivity index (χ4v) is 3.88. The summed E-state index contributed by atoms with van der Waals surface area (Å²) in [6, 6.07) is 15.0. The molecule has 1 amide bonds. The summed E-state index contributed by atoms with van der Waals surface area (Å²) in [5.74, 6) is 0. The monoisotopic (exact) mass is 414 g/mol. The minimum Gasteiger partial charge on any atom is -0.451 e. The summed E-state index contributed by atoms with van der Waals surface area (Å²) >= 11 is 0. The molecule has 0 aliphatic carbocycles. The zero-order chi connectivity index (χ0) is 21.1. The zero-order valence-corrected chi connectivity index (χ0v) is 17.2.